The van der Waals surface area contributed by atoms with Crippen LogP contribution in [0, 0.1) is 11.8 Å². The number of nitrogens with one attached hydrogen (secondary N) is 2. The van der Waals surface area contributed by atoms with Gasteiger partial charge in [0.15, 0.2) is 0 Å². The van der Waals surface area contributed by atoms with E-state index in [1.165, 1.54) is 6.26 Å². The van der Waals surface area contributed by atoms with E-state index in [1.54, 1.807) is 4.31 Å². The number of nitrogens with zero attached hydrogens (tertiary/aromatic N) is 2. The van der Waals surface area contributed by atoms with Crippen molar-refractivity contribution in [1.29, 1.82) is 0 Å². The second-order valence-electron chi connectivity index (χ2n) is 9.94. The van der Waals surface area contributed by atoms with Crippen LogP contribution < -0.4 is 10.6 Å². The molecule has 0 aromatic carbocycles. The third-order valence-electron chi connectivity index (χ3n) is 7.91. The third-order valence-corrected chi connectivity index (χ3v) is 9.21. The van der Waals surface area contributed by atoms with Gasteiger partial charge in [-0.25, -0.2) is 12.8 Å². The van der Waals surface area contributed by atoms with E-state index in [0.29, 0.717) is 37.9 Å². The van der Waals surface area contributed by atoms with Crippen molar-refractivity contribution in [3.63, 3.8) is 0 Å². The highest BCUT2D eigenvalue weighted by Gasteiger charge is 2.46. The molecule has 4 aliphatic rings. The first-order chi connectivity index (χ1) is 14.2. The summed E-state index contributed by atoms with van der Waals surface area (Å²) < 4.78 is 39.4. The molecule has 2 saturated heterocycles. The Kier molecular flexibility index (Phi) is 6.73. The minimum atomic E-state index is -3.12. The first kappa shape index (κ1) is 22.4. The summed E-state index contributed by atoms with van der Waals surface area (Å²) in [6.45, 7) is 4.75. The number of rotatable bonds is 4. The number of carbonyl (C=O) groups is 1. The van der Waals surface area contributed by atoms with Crippen LogP contribution in [0.3, 0.4) is 0 Å². The van der Waals surface area contributed by atoms with E-state index in [9.17, 15) is 17.6 Å². The molecule has 2 aliphatic carbocycles. The number of sulfonamides is 1. The van der Waals surface area contributed by atoms with Crippen molar-refractivity contribution in [2.75, 3.05) is 32.4 Å². The Hall–Kier alpha value is -0.770. The zero-order chi connectivity index (χ0) is 21.5. The molecule has 7 atom stereocenters. The molecule has 0 aromatic rings. The van der Waals surface area contributed by atoms with Crippen molar-refractivity contribution in [2.45, 2.75) is 82.2 Å². The van der Waals surface area contributed by atoms with Crippen molar-refractivity contribution in [1.82, 2.24) is 19.8 Å². The van der Waals surface area contributed by atoms with Gasteiger partial charge in [-0.05, 0) is 50.9 Å². The molecule has 2 aliphatic heterocycles. The average molecular weight is 445 g/mol. The van der Waals surface area contributed by atoms with Gasteiger partial charge in [0.2, 0.25) is 15.9 Å². The van der Waals surface area contributed by atoms with Crippen molar-refractivity contribution in [2.24, 2.45) is 11.8 Å². The molecule has 0 bridgehead atoms. The van der Waals surface area contributed by atoms with Crippen molar-refractivity contribution < 1.29 is 17.6 Å². The standard InChI is InChI=1S/C21H37FN4O3S/c1-14-6-7-18(22)17-13-19(24-20(14)17)21(27)23-15-4-3-5-16(12-15)25-8-10-26(11-9-25)30(2,28)29/h14-20,24H,3-13H2,1-2H3,(H,23,27)/t14?,15-,16+,17?,18?,19?,20?/m1/s1. The molecule has 2 saturated carbocycles. The van der Waals surface area contributed by atoms with Crippen LogP contribution in [0.4, 0.5) is 4.39 Å². The second kappa shape index (κ2) is 9.00. The highest BCUT2D eigenvalue weighted by Crippen LogP contribution is 2.38. The SMILES string of the molecule is CC1CCC(F)C2CC(C(=O)N[C@@H]3CCC[C@H](N4CCN(S(C)(=O)=O)CC4)C3)NC12. The molecular weight excluding hydrogens is 407 g/mol. The number of carbonyl (C=O) groups excluding carboxylic acids is 1. The van der Waals surface area contributed by atoms with E-state index in [2.05, 4.69) is 22.5 Å². The molecule has 4 rings (SSSR count). The van der Waals surface area contributed by atoms with Crippen molar-refractivity contribution >= 4 is 15.9 Å². The van der Waals surface area contributed by atoms with Crippen LogP contribution in [0.5, 0.6) is 0 Å². The Morgan fingerprint density at radius 2 is 1.80 bits per heavy atom. The third kappa shape index (κ3) is 4.84. The van der Waals surface area contributed by atoms with Gasteiger partial charge in [-0.2, -0.15) is 4.31 Å². The quantitative estimate of drug-likeness (QED) is 0.679. The molecule has 1 amide bonds. The molecule has 2 heterocycles. The summed E-state index contributed by atoms with van der Waals surface area (Å²) in [7, 11) is -3.12. The number of fused-ring (bicyclic) bond motifs is 1. The fraction of sp³-hybridized carbons (Fsp3) is 0.952. The molecule has 7 nitrogen and oxygen atoms in total. The topological polar surface area (TPSA) is 81.8 Å². The molecule has 5 unspecified atom stereocenters. The number of hydrogen-bond acceptors (Lipinski definition) is 5. The predicted octanol–water partition coefficient (Wildman–Crippen LogP) is 1.11. The zero-order valence-electron chi connectivity index (χ0n) is 18.2. The molecular formula is C21H37FN4O3S. The highest BCUT2D eigenvalue weighted by atomic mass is 32.2. The number of halogens is 1. The molecule has 9 heteroatoms. The van der Waals surface area contributed by atoms with E-state index in [-0.39, 0.29) is 30.0 Å². The summed E-state index contributed by atoms with van der Waals surface area (Å²) in [5.74, 6) is 0.413. The fourth-order valence-electron chi connectivity index (χ4n) is 6.13. The van der Waals surface area contributed by atoms with Gasteiger partial charge in [0.05, 0.1) is 12.3 Å². The van der Waals surface area contributed by atoms with Crippen LogP contribution in [0.2, 0.25) is 0 Å². The van der Waals surface area contributed by atoms with Gasteiger partial charge < -0.3 is 10.6 Å². The van der Waals surface area contributed by atoms with Gasteiger partial charge in [-0.3, -0.25) is 9.69 Å². The Balaban J connectivity index is 1.28. The Bertz CT molecular complexity index is 710. The molecule has 4 fully saturated rings. The normalized spacial score (nSPS) is 41.4. The molecule has 30 heavy (non-hydrogen) atoms. The van der Waals surface area contributed by atoms with Crippen LogP contribution in [0.15, 0.2) is 0 Å². The average Bonchev–Trinajstić information content (AvgIpc) is 3.18. The van der Waals surface area contributed by atoms with Crippen LogP contribution >= 0.6 is 0 Å². The van der Waals surface area contributed by atoms with Crippen molar-refractivity contribution in [3.05, 3.63) is 0 Å². The van der Waals surface area contributed by atoms with Gasteiger partial charge in [0.25, 0.3) is 0 Å². The number of alkyl halides is 1. The van der Waals surface area contributed by atoms with Gasteiger partial charge in [-0.1, -0.05) is 6.92 Å². The minimum Gasteiger partial charge on any atom is -0.352 e. The van der Waals surface area contributed by atoms with Gasteiger partial charge >= 0.3 is 0 Å². The van der Waals surface area contributed by atoms with Crippen LogP contribution in [0.1, 0.15) is 51.9 Å². The number of hydrogen-bond donors (Lipinski definition) is 2. The maximum absolute atomic E-state index is 14.3. The first-order valence-electron chi connectivity index (χ1n) is 11.6. The van der Waals surface area contributed by atoms with Gasteiger partial charge in [0.1, 0.15) is 6.17 Å². The molecule has 2 N–H and O–H groups in total. The van der Waals surface area contributed by atoms with E-state index >= 15 is 0 Å². The molecule has 0 aromatic heterocycles. The van der Waals surface area contributed by atoms with Crippen LogP contribution in [-0.4, -0.2) is 86.3 Å². The largest absolute Gasteiger partial charge is 0.352 e. The Labute approximate surface area is 180 Å². The molecule has 0 spiro atoms. The van der Waals surface area contributed by atoms with Crippen molar-refractivity contribution in [3.8, 4) is 0 Å². The predicted molar refractivity (Wildman–Crippen MR) is 114 cm³/mol. The highest BCUT2D eigenvalue weighted by molar-refractivity contribution is 7.88. The lowest BCUT2D eigenvalue weighted by atomic mass is 9.77. The summed E-state index contributed by atoms with van der Waals surface area (Å²) >= 11 is 0. The Morgan fingerprint density at radius 1 is 1.07 bits per heavy atom. The van der Waals surface area contributed by atoms with E-state index in [0.717, 1.165) is 45.2 Å². The van der Waals surface area contributed by atoms with Crippen LogP contribution in [0.25, 0.3) is 0 Å². The summed E-state index contributed by atoms with van der Waals surface area (Å²) in [5, 5.41) is 6.68. The lowest BCUT2D eigenvalue weighted by molar-refractivity contribution is -0.124. The first-order valence-corrected chi connectivity index (χ1v) is 13.5. The molecule has 172 valence electrons. The Morgan fingerprint density at radius 3 is 2.47 bits per heavy atom. The lowest BCUT2D eigenvalue weighted by Gasteiger charge is -2.42. The van der Waals surface area contributed by atoms with E-state index < -0.39 is 16.2 Å². The second-order valence-corrected chi connectivity index (χ2v) is 11.9. The summed E-state index contributed by atoms with van der Waals surface area (Å²) in [6.07, 6.45) is 6.64. The summed E-state index contributed by atoms with van der Waals surface area (Å²) in [6, 6.07) is 0.375. The smallest absolute Gasteiger partial charge is 0.237 e. The summed E-state index contributed by atoms with van der Waals surface area (Å²) in [4.78, 5) is 15.3. The monoisotopic (exact) mass is 444 g/mol. The van der Waals surface area contributed by atoms with Gasteiger partial charge in [0, 0.05) is 50.2 Å². The maximum atomic E-state index is 14.3. The van der Waals surface area contributed by atoms with E-state index in [1.807, 2.05) is 0 Å². The lowest BCUT2D eigenvalue weighted by Crippen LogP contribution is -2.55. The zero-order valence-corrected chi connectivity index (χ0v) is 19.0. The van der Waals surface area contributed by atoms with E-state index in [4.69, 9.17) is 0 Å². The number of amides is 1. The van der Waals surface area contributed by atoms with Crippen LogP contribution in [-0.2, 0) is 14.8 Å². The fourth-order valence-corrected chi connectivity index (χ4v) is 6.96. The minimum absolute atomic E-state index is 0.0244. The van der Waals surface area contributed by atoms with Gasteiger partial charge in [-0.15, -0.1) is 0 Å². The maximum Gasteiger partial charge on any atom is 0.237 e. The molecule has 0 radical (unpaired) electrons. The summed E-state index contributed by atoms with van der Waals surface area (Å²) in [5.41, 5.74) is 0. The number of piperazine rings is 1.